The second-order valence-corrected chi connectivity index (χ2v) is 8.27. The maximum absolute atomic E-state index is 13.1. The summed E-state index contributed by atoms with van der Waals surface area (Å²) in [4.78, 5) is 17.4. The van der Waals surface area contributed by atoms with Gasteiger partial charge in [0.15, 0.2) is 0 Å². The lowest BCUT2D eigenvalue weighted by molar-refractivity contribution is 0.0628. The lowest BCUT2D eigenvalue weighted by Crippen LogP contribution is -2.48. The molecule has 0 aliphatic carbocycles. The van der Waals surface area contributed by atoms with E-state index in [0.717, 1.165) is 60.9 Å². The molecule has 0 saturated carbocycles. The number of hydrogen-bond acceptors (Lipinski definition) is 4. The van der Waals surface area contributed by atoms with Gasteiger partial charge in [-0.25, -0.2) is 0 Å². The van der Waals surface area contributed by atoms with Crippen LogP contribution in [0.3, 0.4) is 0 Å². The van der Waals surface area contributed by atoms with E-state index in [4.69, 9.17) is 0 Å². The minimum atomic E-state index is 0.113. The van der Waals surface area contributed by atoms with Crippen LogP contribution in [-0.2, 0) is 20.1 Å². The van der Waals surface area contributed by atoms with Crippen LogP contribution in [0.5, 0.6) is 0 Å². The van der Waals surface area contributed by atoms with Crippen molar-refractivity contribution in [1.82, 2.24) is 29.4 Å². The Morgan fingerprint density at radius 3 is 2.40 bits per heavy atom. The summed E-state index contributed by atoms with van der Waals surface area (Å²) < 4.78 is 3.85. The van der Waals surface area contributed by atoms with E-state index in [9.17, 15) is 4.79 Å². The standard InChI is InChI=1S/C23H30N6O/c1-17-12-18(2)29(24-17)14-20-6-5-7-21(13-20)23(30)28-10-8-27(9-11-28)16-22-15-26(4)25-19(22)3/h5-7,12-13,15H,8-11,14,16H2,1-4H3. The SMILES string of the molecule is Cc1cc(C)n(Cc2cccc(C(=O)N3CCN(Cc4cn(C)nc4C)CC3)c2)n1. The summed E-state index contributed by atoms with van der Waals surface area (Å²) in [7, 11) is 1.95. The molecule has 1 fully saturated rings. The van der Waals surface area contributed by atoms with Crippen molar-refractivity contribution in [3.63, 3.8) is 0 Å². The number of benzene rings is 1. The third-order valence-corrected chi connectivity index (χ3v) is 5.78. The molecule has 158 valence electrons. The first kappa shape index (κ1) is 20.3. The van der Waals surface area contributed by atoms with Gasteiger partial charge in [-0.05, 0) is 44.5 Å². The Hall–Kier alpha value is -2.93. The summed E-state index contributed by atoms with van der Waals surface area (Å²) >= 11 is 0. The number of aryl methyl sites for hydroxylation is 4. The lowest BCUT2D eigenvalue weighted by Gasteiger charge is -2.34. The van der Waals surface area contributed by atoms with E-state index in [1.165, 1.54) is 5.56 Å². The van der Waals surface area contributed by atoms with Crippen LogP contribution in [0, 0.1) is 20.8 Å². The zero-order valence-electron chi connectivity index (χ0n) is 18.3. The molecule has 2 aromatic heterocycles. The lowest BCUT2D eigenvalue weighted by atomic mass is 10.1. The topological polar surface area (TPSA) is 59.2 Å². The zero-order chi connectivity index (χ0) is 21.3. The Balaban J connectivity index is 1.37. The van der Waals surface area contributed by atoms with Crippen LogP contribution >= 0.6 is 0 Å². The Morgan fingerprint density at radius 1 is 1.00 bits per heavy atom. The van der Waals surface area contributed by atoms with Crippen molar-refractivity contribution < 1.29 is 4.79 Å². The van der Waals surface area contributed by atoms with Gasteiger partial charge in [0.25, 0.3) is 5.91 Å². The fourth-order valence-corrected chi connectivity index (χ4v) is 4.15. The Labute approximate surface area is 177 Å². The molecule has 30 heavy (non-hydrogen) atoms. The average Bonchev–Trinajstić information content (AvgIpc) is 3.21. The second kappa shape index (κ2) is 8.44. The highest BCUT2D eigenvalue weighted by Crippen LogP contribution is 2.15. The summed E-state index contributed by atoms with van der Waals surface area (Å²) in [5.74, 6) is 0.113. The smallest absolute Gasteiger partial charge is 0.253 e. The zero-order valence-corrected chi connectivity index (χ0v) is 18.3. The number of aromatic nitrogens is 4. The second-order valence-electron chi connectivity index (χ2n) is 8.27. The van der Waals surface area contributed by atoms with Crippen molar-refractivity contribution >= 4 is 5.91 Å². The van der Waals surface area contributed by atoms with Crippen molar-refractivity contribution in [3.8, 4) is 0 Å². The van der Waals surface area contributed by atoms with Gasteiger partial charge >= 0.3 is 0 Å². The number of piperazine rings is 1. The molecule has 3 aromatic rings. The number of nitrogens with zero attached hydrogens (tertiary/aromatic N) is 6. The van der Waals surface area contributed by atoms with Gasteiger partial charge in [0.05, 0.1) is 17.9 Å². The molecule has 1 saturated heterocycles. The van der Waals surface area contributed by atoms with Crippen LogP contribution in [0.1, 0.15) is 38.6 Å². The first-order valence-corrected chi connectivity index (χ1v) is 10.5. The molecule has 1 aromatic carbocycles. The van der Waals surface area contributed by atoms with E-state index >= 15 is 0 Å². The normalized spacial score (nSPS) is 15.0. The molecule has 0 unspecified atom stereocenters. The minimum absolute atomic E-state index is 0.113. The largest absolute Gasteiger partial charge is 0.336 e. The van der Waals surface area contributed by atoms with E-state index in [1.807, 2.05) is 53.4 Å². The maximum Gasteiger partial charge on any atom is 0.253 e. The molecule has 0 radical (unpaired) electrons. The molecule has 0 N–H and O–H groups in total. The van der Waals surface area contributed by atoms with Gasteiger partial charge in [-0.2, -0.15) is 10.2 Å². The number of carbonyl (C=O) groups is 1. The molecule has 1 aliphatic heterocycles. The monoisotopic (exact) mass is 406 g/mol. The quantitative estimate of drug-likeness (QED) is 0.653. The van der Waals surface area contributed by atoms with Crippen molar-refractivity contribution in [2.24, 2.45) is 7.05 Å². The van der Waals surface area contributed by atoms with E-state index in [1.54, 1.807) is 0 Å². The van der Waals surface area contributed by atoms with Gasteiger partial charge in [-0.1, -0.05) is 12.1 Å². The van der Waals surface area contributed by atoms with Crippen molar-refractivity contribution in [1.29, 1.82) is 0 Å². The molecule has 0 spiro atoms. The third-order valence-electron chi connectivity index (χ3n) is 5.78. The summed E-state index contributed by atoms with van der Waals surface area (Å²) in [6.07, 6.45) is 2.08. The van der Waals surface area contributed by atoms with Gasteiger partial charge in [0.1, 0.15) is 0 Å². The van der Waals surface area contributed by atoms with Crippen LogP contribution < -0.4 is 0 Å². The maximum atomic E-state index is 13.1. The molecule has 7 nitrogen and oxygen atoms in total. The number of amides is 1. The van der Waals surface area contributed by atoms with E-state index in [0.29, 0.717) is 6.54 Å². The highest BCUT2D eigenvalue weighted by atomic mass is 16.2. The summed E-state index contributed by atoms with van der Waals surface area (Å²) in [5, 5.41) is 8.95. The summed E-state index contributed by atoms with van der Waals surface area (Å²) in [5.41, 5.74) is 6.33. The highest BCUT2D eigenvalue weighted by Gasteiger charge is 2.23. The third kappa shape index (κ3) is 4.46. The van der Waals surface area contributed by atoms with Crippen molar-refractivity contribution in [3.05, 3.63) is 70.3 Å². The van der Waals surface area contributed by atoms with Gasteiger partial charge < -0.3 is 4.90 Å². The van der Waals surface area contributed by atoms with Gasteiger partial charge in [-0.3, -0.25) is 19.1 Å². The molecular formula is C23H30N6O. The van der Waals surface area contributed by atoms with Crippen molar-refractivity contribution in [2.75, 3.05) is 26.2 Å². The predicted molar refractivity (Wildman–Crippen MR) is 116 cm³/mol. The Bertz CT molecular complexity index is 1040. The van der Waals surface area contributed by atoms with Gasteiger partial charge in [-0.15, -0.1) is 0 Å². The Morgan fingerprint density at radius 2 is 1.77 bits per heavy atom. The van der Waals surface area contributed by atoms with E-state index in [2.05, 4.69) is 40.4 Å². The highest BCUT2D eigenvalue weighted by molar-refractivity contribution is 5.94. The molecule has 0 atom stereocenters. The fraction of sp³-hybridized carbons (Fsp3) is 0.435. The van der Waals surface area contributed by atoms with E-state index < -0.39 is 0 Å². The molecular weight excluding hydrogens is 376 g/mol. The molecule has 3 heterocycles. The predicted octanol–water partition coefficient (Wildman–Crippen LogP) is 2.55. The minimum Gasteiger partial charge on any atom is -0.336 e. The molecule has 0 bridgehead atoms. The van der Waals surface area contributed by atoms with E-state index in [-0.39, 0.29) is 5.91 Å². The van der Waals surface area contributed by atoms with Crippen molar-refractivity contribution in [2.45, 2.75) is 33.9 Å². The van der Waals surface area contributed by atoms with Crippen LogP contribution in [0.2, 0.25) is 0 Å². The molecule has 1 amide bonds. The first-order valence-electron chi connectivity index (χ1n) is 10.5. The molecule has 4 rings (SSSR count). The number of carbonyl (C=O) groups excluding carboxylic acids is 1. The van der Waals surface area contributed by atoms with Crippen LogP contribution in [0.25, 0.3) is 0 Å². The molecule has 7 heteroatoms. The number of rotatable bonds is 5. The van der Waals surface area contributed by atoms with Gasteiger partial charge in [0.2, 0.25) is 0 Å². The summed E-state index contributed by atoms with van der Waals surface area (Å²) in [6.45, 7) is 10.9. The number of hydrogen-bond donors (Lipinski definition) is 0. The van der Waals surface area contributed by atoms with Crippen LogP contribution in [0.4, 0.5) is 0 Å². The first-order chi connectivity index (χ1) is 14.4. The van der Waals surface area contributed by atoms with Crippen LogP contribution in [0.15, 0.2) is 36.5 Å². The summed E-state index contributed by atoms with van der Waals surface area (Å²) in [6, 6.07) is 10.0. The average molecular weight is 407 g/mol. The fourth-order valence-electron chi connectivity index (χ4n) is 4.15. The van der Waals surface area contributed by atoms with Gasteiger partial charge in [0, 0.05) is 62.8 Å². The van der Waals surface area contributed by atoms with Crippen LogP contribution in [-0.4, -0.2) is 61.4 Å². The molecule has 1 aliphatic rings. The Kier molecular flexibility index (Phi) is 5.72.